The van der Waals surface area contributed by atoms with Gasteiger partial charge in [-0.1, -0.05) is 6.92 Å². The summed E-state index contributed by atoms with van der Waals surface area (Å²) in [6.45, 7) is 6.28. The lowest BCUT2D eigenvalue weighted by Crippen LogP contribution is -2.19. The van der Waals surface area contributed by atoms with Crippen LogP contribution >= 0.6 is 11.8 Å². The molecule has 1 rings (SSSR count). The first-order valence-electron chi connectivity index (χ1n) is 5.20. The van der Waals surface area contributed by atoms with E-state index >= 15 is 0 Å². The molecule has 1 aromatic rings. The highest BCUT2D eigenvalue weighted by Crippen LogP contribution is 2.15. The molecule has 0 radical (unpaired) electrons. The lowest BCUT2D eigenvalue weighted by atomic mass is 10.2. The van der Waals surface area contributed by atoms with Gasteiger partial charge in [0, 0.05) is 29.7 Å². The molecule has 1 atom stereocenters. The fourth-order valence-electron chi connectivity index (χ4n) is 1.21. The van der Waals surface area contributed by atoms with Gasteiger partial charge in [0.1, 0.15) is 5.82 Å². The molecular formula is C11H19N3S. The number of hydrogen-bond acceptors (Lipinski definition) is 4. The van der Waals surface area contributed by atoms with Crippen molar-refractivity contribution in [2.24, 2.45) is 0 Å². The van der Waals surface area contributed by atoms with Gasteiger partial charge < -0.3 is 11.1 Å². The molecule has 0 saturated heterocycles. The first-order valence-corrected chi connectivity index (χ1v) is 6.35. The average Bonchev–Trinajstić information content (AvgIpc) is 2.20. The number of nitrogens with one attached hydrogen (secondary N) is 1. The summed E-state index contributed by atoms with van der Waals surface area (Å²) in [5.74, 6) is 3.10. The van der Waals surface area contributed by atoms with Crippen LogP contribution in [0.15, 0.2) is 12.3 Å². The van der Waals surface area contributed by atoms with Gasteiger partial charge in [0.15, 0.2) is 0 Å². The third kappa shape index (κ3) is 4.00. The van der Waals surface area contributed by atoms with Crippen molar-refractivity contribution in [2.45, 2.75) is 26.8 Å². The lowest BCUT2D eigenvalue weighted by molar-refractivity contribution is 0.902. The second-order valence-electron chi connectivity index (χ2n) is 3.63. The largest absolute Gasteiger partial charge is 0.398 e. The Labute approximate surface area is 95.9 Å². The van der Waals surface area contributed by atoms with E-state index in [2.05, 4.69) is 24.1 Å². The van der Waals surface area contributed by atoms with Crippen LogP contribution in [0.25, 0.3) is 0 Å². The summed E-state index contributed by atoms with van der Waals surface area (Å²) >= 11 is 1.92. The smallest absolute Gasteiger partial charge is 0.128 e. The van der Waals surface area contributed by atoms with Crippen molar-refractivity contribution in [3.63, 3.8) is 0 Å². The molecule has 0 aliphatic heterocycles. The van der Waals surface area contributed by atoms with E-state index < -0.39 is 0 Å². The van der Waals surface area contributed by atoms with Crippen molar-refractivity contribution in [1.82, 2.24) is 4.98 Å². The van der Waals surface area contributed by atoms with Crippen molar-refractivity contribution < 1.29 is 0 Å². The Hall–Kier alpha value is -0.900. The normalized spacial score (nSPS) is 12.5. The fraction of sp³-hybridized carbons (Fsp3) is 0.545. The van der Waals surface area contributed by atoms with Gasteiger partial charge >= 0.3 is 0 Å². The van der Waals surface area contributed by atoms with E-state index in [1.807, 2.05) is 24.8 Å². The van der Waals surface area contributed by atoms with Crippen LogP contribution in [0, 0.1) is 6.92 Å². The molecule has 0 aromatic carbocycles. The highest BCUT2D eigenvalue weighted by Gasteiger charge is 2.03. The zero-order chi connectivity index (χ0) is 11.3. The van der Waals surface area contributed by atoms with E-state index in [1.165, 1.54) is 0 Å². The number of aryl methyl sites for hydroxylation is 1. The van der Waals surface area contributed by atoms with Crippen LogP contribution in [-0.2, 0) is 0 Å². The topological polar surface area (TPSA) is 50.9 Å². The molecule has 0 amide bonds. The van der Waals surface area contributed by atoms with Gasteiger partial charge in [-0.25, -0.2) is 4.98 Å². The van der Waals surface area contributed by atoms with Crippen LogP contribution in [0.2, 0.25) is 0 Å². The maximum atomic E-state index is 5.81. The summed E-state index contributed by atoms with van der Waals surface area (Å²) in [7, 11) is 0. The van der Waals surface area contributed by atoms with Crippen molar-refractivity contribution in [1.29, 1.82) is 0 Å². The Morgan fingerprint density at radius 1 is 1.60 bits per heavy atom. The van der Waals surface area contributed by atoms with Crippen LogP contribution in [0.3, 0.4) is 0 Å². The molecule has 0 fully saturated rings. The zero-order valence-electron chi connectivity index (χ0n) is 9.58. The minimum absolute atomic E-state index is 0.421. The maximum absolute atomic E-state index is 5.81. The molecule has 0 bridgehead atoms. The van der Waals surface area contributed by atoms with E-state index in [1.54, 1.807) is 6.20 Å². The molecule has 1 heterocycles. The Morgan fingerprint density at radius 3 is 2.93 bits per heavy atom. The molecule has 3 nitrogen and oxygen atoms in total. The summed E-state index contributed by atoms with van der Waals surface area (Å²) < 4.78 is 0. The highest BCUT2D eigenvalue weighted by atomic mass is 32.2. The highest BCUT2D eigenvalue weighted by molar-refractivity contribution is 7.99. The number of pyridine rings is 1. The van der Waals surface area contributed by atoms with Crippen LogP contribution in [0.1, 0.15) is 19.4 Å². The Balaban J connectivity index is 2.53. The predicted octanol–water partition coefficient (Wildman–Crippen LogP) is 2.53. The van der Waals surface area contributed by atoms with Gasteiger partial charge in [-0.3, -0.25) is 0 Å². The average molecular weight is 225 g/mol. The van der Waals surface area contributed by atoms with Crippen LogP contribution in [0.5, 0.6) is 0 Å². The van der Waals surface area contributed by atoms with Gasteiger partial charge in [-0.2, -0.15) is 11.8 Å². The number of aromatic nitrogens is 1. The number of rotatable bonds is 5. The van der Waals surface area contributed by atoms with E-state index in [9.17, 15) is 0 Å². The first-order chi connectivity index (χ1) is 7.13. The van der Waals surface area contributed by atoms with E-state index in [-0.39, 0.29) is 0 Å². The number of hydrogen-bond donors (Lipinski definition) is 2. The van der Waals surface area contributed by atoms with E-state index in [4.69, 9.17) is 5.73 Å². The summed E-state index contributed by atoms with van der Waals surface area (Å²) in [5, 5.41) is 3.33. The molecule has 15 heavy (non-hydrogen) atoms. The number of nitrogens with two attached hydrogens (primary N) is 1. The summed E-state index contributed by atoms with van der Waals surface area (Å²) in [5.41, 5.74) is 7.63. The Morgan fingerprint density at radius 2 is 2.33 bits per heavy atom. The van der Waals surface area contributed by atoms with Gasteiger partial charge in [0.05, 0.1) is 0 Å². The van der Waals surface area contributed by atoms with Gasteiger partial charge in [-0.05, 0) is 25.2 Å². The molecular weight excluding hydrogens is 206 g/mol. The molecule has 3 N–H and O–H groups in total. The summed E-state index contributed by atoms with van der Waals surface area (Å²) in [4.78, 5) is 4.29. The molecule has 0 saturated carbocycles. The summed E-state index contributed by atoms with van der Waals surface area (Å²) in [6.07, 6.45) is 1.80. The van der Waals surface area contributed by atoms with Gasteiger partial charge in [0.2, 0.25) is 0 Å². The molecule has 0 spiro atoms. The fourth-order valence-corrected chi connectivity index (χ4v) is 1.88. The minimum Gasteiger partial charge on any atom is -0.398 e. The first kappa shape index (κ1) is 12.2. The molecule has 0 aliphatic rings. The van der Waals surface area contributed by atoms with Crippen LogP contribution < -0.4 is 11.1 Å². The van der Waals surface area contributed by atoms with Crippen molar-refractivity contribution in [2.75, 3.05) is 22.6 Å². The number of nitrogens with zero attached hydrogens (tertiary/aromatic N) is 1. The van der Waals surface area contributed by atoms with E-state index in [0.29, 0.717) is 6.04 Å². The second-order valence-corrected chi connectivity index (χ2v) is 4.95. The Kier molecular flexibility index (Phi) is 4.75. The zero-order valence-corrected chi connectivity index (χ0v) is 10.4. The van der Waals surface area contributed by atoms with Crippen molar-refractivity contribution in [3.8, 4) is 0 Å². The van der Waals surface area contributed by atoms with Crippen LogP contribution in [0.4, 0.5) is 11.5 Å². The predicted molar refractivity (Wildman–Crippen MR) is 69.5 cm³/mol. The third-order valence-corrected chi connectivity index (χ3v) is 3.26. The molecule has 84 valence electrons. The molecule has 4 heteroatoms. The lowest BCUT2D eigenvalue weighted by Gasteiger charge is -2.14. The molecule has 0 aliphatic carbocycles. The molecule has 1 unspecified atom stereocenters. The van der Waals surface area contributed by atoms with Gasteiger partial charge in [-0.15, -0.1) is 0 Å². The summed E-state index contributed by atoms with van der Waals surface area (Å²) in [6, 6.07) is 2.31. The number of anilines is 2. The quantitative estimate of drug-likeness (QED) is 0.808. The molecule has 1 aromatic heterocycles. The van der Waals surface area contributed by atoms with E-state index in [0.717, 1.165) is 28.6 Å². The SMILES string of the molecule is CCSCC(C)Nc1cc(N)c(C)cn1. The van der Waals surface area contributed by atoms with Crippen molar-refractivity contribution >= 4 is 23.3 Å². The second kappa shape index (κ2) is 5.85. The minimum atomic E-state index is 0.421. The number of nitrogen functional groups attached to an aromatic ring is 1. The third-order valence-electron chi connectivity index (χ3n) is 2.11. The van der Waals surface area contributed by atoms with Crippen molar-refractivity contribution in [3.05, 3.63) is 17.8 Å². The Bertz CT molecular complexity index is 315. The number of thioether (sulfide) groups is 1. The monoisotopic (exact) mass is 225 g/mol. The maximum Gasteiger partial charge on any atom is 0.128 e. The standard InChI is InChI=1S/C11H19N3S/c1-4-15-7-9(3)14-11-5-10(12)8(2)6-13-11/h5-6,9H,4,7H2,1-3H3,(H3,12,13,14). The van der Waals surface area contributed by atoms with Crippen LogP contribution in [-0.4, -0.2) is 22.5 Å². The van der Waals surface area contributed by atoms with Gasteiger partial charge in [0.25, 0.3) is 0 Å².